The summed E-state index contributed by atoms with van der Waals surface area (Å²) in [6.45, 7) is 10.3. The van der Waals surface area contributed by atoms with E-state index < -0.39 is 0 Å². The van der Waals surface area contributed by atoms with Crippen molar-refractivity contribution in [2.75, 3.05) is 13.2 Å². The number of aryl methyl sites for hydroxylation is 3. The summed E-state index contributed by atoms with van der Waals surface area (Å²) in [6.07, 6.45) is 2.24. The van der Waals surface area contributed by atoms with E-state index in [4.69, 9.17) is 14.0 Å². The van der Waals surface area contributed by atoms with Crippen molar-refractivity contribution >= 4 is 32.6 Å². The molecule has 1 aliphatic carbocycles. The maximum atomic E-state index is 6.19. The fourth-order valence-corrected chi connectivity index (χ4v) is 5.75. The van der Waals surface area contributed by atoms with Gasteiger partial charge in [-0.15, -0.1) is 0 Å². The summed E-state index contributed by atoms with van der Waals surface area (Å²) in [4.78, 5) is 5.68. The first-order chi connectivity index (χ1) is 14.8. The molecule has 162 valence electrons. The molecule has 0 amide bonds. The molecule has 2 fully saturated rings. The second-order valence-corrected chi connectivity index (χ2v) is 10.4. The van der Waals surface area contributed by atoms with Gasteiger partial charge in [-0.2, -0.15) is 0 Å². The number of fused-ring (bicyclic) bond motifs is 1. The smallest absolute Gasteiger partial charge is 0.153 e. The van der Waals surface area contributed by atoms with E-state index in [0.717, 1.165) is 46.4 Å². The third kappa shape index (κ3) is 4.06. The number of rotatable bonds is 6. The maximum Gasteiger partial charge on any atom is 0.153 e. The van der Waals surface area contributed by atoms with Crippen molar-refractivity contribution in [1.82, 2.24) is 0 Å². The minimum atomic E-state index is 0.141. The van der Waals surface area contributed by atoms with Gasteiger partial charge in [0.1, 0.15) is 24.0 Å². The Balaban J connectivity index is 1.44. The van der Waals surface area contributed by atoms with E-state index in [1.165, 1.54) is 22.3 Å². The van der Waals surface area contributed by atoms with E-state index in [-0.39, 0.29) is 11.5 Å². The second kappa shape index (κ2) is 7.79. The van der Waals surface area contributed by atoms with Gasteiger partial charge in [0, 0.05) is 15.8 Å². The summed E-state index contributed by atoms with van der Waals surface area (Å²) >= 11 is 3.55. The van der Waals surface area contributed by atoms with Gasteiger partial charge >= 0.3 is 0 Å². The van der Waals surface area contributed by atoms with Gasteiger partial charge < -0.3 is 14.0 Å². The predicted molar refractivity (Wildman–Crippen MR) is 127 cm³/mol. The molecule has 2 aromatic carbocycles. The molecule has 1 aromatic heterocycles. The number of nitrogens with zero attached hydrogens (tertiary/aromatic N) is 1. The predicted octanol–water partition coefficient (Wildman–Crippen LogP) is 6.61. The van der Waals surface area contributed by atoms with E-state index in [1.54, 1.807) is 0 Å². The number of hydrogen-bond donors (Lipinski definition) is 0. The van der Waals surface area contributed by atoms with Crippen molar-refractivity contribution in [3.8, 4) is 0 Å². The van der Waals surface area contributed by atoms with Crippen LogP contribution in [0.3, 0.4) is 0 Å². The molecule has 5 rings (SSSR count). The summed E-state index contributed by atoms with van der Waals surface area (Å²) in [5, 5.41) is 5.63. The van der Waals surface area contributed by atoms with Crippen molar-refractivity contribution < 1.29 is 14.0 Å². The van der Waals surface area contributed by atoms with Crippen LogP contribution in [0, 0.1) is 26.7 Å². The lowest BCUT2D eigenvalue weighted by molar-refractivity contribution is 0.119. The van der Waals surface area contributed by atoms with Gasteiger partial charge in [-0.25, -0.2) is 0 Å². The Labute approximate surface area is 191 Å². The highest BCUT2D eigenvalue weighted by molar-refractivity contribution is 9.10. The summed E-state index contributed by atoms with van der Waals surface area (Å²) in [5.74, 6) is 1.10. The zero-order valence-electron chi connectivity index (χ0n) is 18.5. The van der Waals surface area contributed by atoms with E-state index in [2.05, 4.69) is 73.0 Å². The molecule has 2 aliphatic rings. The molecule has 4 nitrogen and oxygen atoms in total. The maximum absolute atomic E-state index is 6.19. The van der Waals surface area contributed by atoms with Crippen LogP contribution in [0.15, 0.2) is 50.4 Å². The molecule has 3 aromatic rings. The van der Waals surface area contributed by atoms with Crippen LogP contribution < -0.4 is 0 Å². The highest BCUT2D eigenvalue weighted by Crippen LogP contribution is 2.51. The van der Waals surface area contributed by atoms with Crippen LogP contribution in [0.4, 0.5) is 0 Å². The Morgan fingerprint density at radius 1 is 1.13 bits per heavy atom. The molecule has 1 atom stereocenters. The SMILES string of the molecule is Cc1cc(C)c(C2(C)CC(/C(=N\OCC3CO3)c3cc4cc(Br)ccc4o3)C2)c(C)c1. The number of ether oxygens (including phenoxy) is 1. The summed E-state index contributed by atoms with van der Waals surface area (Å²) < 4.78 is 12.5. The normalized spacial score (nSPS) is 25.5. The van der Waals surface area contributed by atoms with Crippen molar-refractivity contribution in [1.29, 1.82) is 0 Å². The van der Waals surface area contributed by atoms with Gasteiger partial charge in [-0.05, 0) is 80.0 Å². The monoisotopic (exact) mass is 481 g/mol. The quantitative estimate of drug-likeness (QED) is 0.226. The van der Waals surface area contributed by atoms with Crippen LogP contribution in [-0.4, -0.2) is 25.0 Å². The van der Waals surface area contributed by atoms with Crippen molar-refractivity contribution in [3.05, 3.63) is 68.9 Å². The van der Waals surface area contributed by atoms with Gasteiger partial charge in [0.2, 0.25) is 0 Å². The molecule has 1 aliphatic heterocycles. The van der Waals surface area contributed by atoms with Crippen LogP contribution in [0.25, 0.3) is 11.0 Å². The highest BCUT2D eigenvalue weighted by Gasteiger charge is 2.46. The van der Waals surface area contributed by atoms with E-state index in [0.29, 0.717) is 12.5 Å². The minimum absolute atomic E-state index is 0.141. The van der Waals surface area contributed by atoms with Gasteiger partial charge in [0.05, 0.1) is 6.61 Å². The molecule has 2 heterocycles. The molecular formula is C26H28BrNO3. The van der Waals surface area contributed by atoms with Gasteiger partial charge in [0.15, 0.2) is 5.76 Å². The first-order valence-electron chi connectivity index (χ1n) is 10.9. The zero-order valence-corrected chi connectivity index (χ0v) is 20.1. The topological polar surface area (TPSA) is 47.3 Å². The third-order valence-corrected chi connectivity index (χ3v) is 7.11. The van der Waals surface area contributed by atoms with Crippen LogP contribution >= 0.6 is 15.9 Å². The van der Waals surface area contributed by atoms with Crippen LogP contribution in [0.5, 0.6) is 0 Å². The first kappa shape index (κ1) is 20.8. The lowest BCUT2D eigenvalue weighted by Crippen LogP contribution is -2.43. The van der Waals surface area contributed by atoms with E-state index in [9.17, 15) is 0 Å². The van der Waals surface area contributed by atoms with Crippen LogP contribution in [0.1, 0.15) is 47.8 Å². The lowest BCUT2D eigenvalue weighted by Gasteiger charge is -2.47. The number of benzene rings is 2. The fourth-order valence-electron chi connectivity index (χ4n) is 5.37. The van der Waals surface area contributed by atoms with Crippen molar-refractivity contribution in [2.24, 2.45) is 11.1 Å². The average molecular weight is 482 g/mol. The number of furan rings is 1. The Kier molecular flexibility index (Phi) is 5.22. The van der Waals surface area contributed by atoms with Crippen LogP contribution in [-0.2, 0) is 15.0 Å². The van der Waals surface area contributed by atoms with Gasteiger partial charge in [-0.3, -0.25) is 0 Å². The van der Waals surface area contributed by atoms with Gasteiger partial charge in [-0.1, -0.05) is 45.7 Å². The first-order valence-corrected chi connectivity index (χ1v) is 11.7. The molecule has 1 saturated carbocycles. The number of oxime groups is 1. The molecule has 1 saturated heterocycles. The van der Waals surface area contributed by atoms with Gasteiger partial charge in [0.25, 0.3) is 0 Å². The number of epoxide rings is 1. The summed E-state index contributed by atoms with van der Waals surface area (Å²) in [6, 6.07) is 12.7. The van der Waals surface area contributed by atoms with E-state index in [1.807, 2.05) is 12.1 Å². The summed E-state index contributed by atoms with van der Waals surface area (Å²) in [7, 11) is 0. The number of halogens is 1. The Bertz CT molecular complexity index is 1150. The average Bonchev–Trinajstić information content (AvgIpc) is 3.40. The lowest BCUT2D eigenvalue weighted by atomic mass is 9.57. The Morgan fingerprint density at radius 2 is 1.84 bits per heavy atom. The molecule has 0 bridgehead atoms. The Morgan fingerprint density at radius 3 is 2.52 bits per heavy atom. The molecule has 0 N–H and O–H groups in total. The molecule has 0 radical (unpaired) electrons. The zero-order chi connectivity index (χ0) is 21.8. The molecule has 31 heavy (non-hydrogen) atoms. The molecule has 1 unspecified atom stereocenters. The molecular weight excluding hydrogens is 454 g/mol. The molecule has 0 spiro atoms. The van der Waals surface area contributed by atoms with E-state index >= 15 is 0 Å². The largest absolute Gasteiger partial charge is 0.455 e. The summed E-state index contributed by atoms with van der Waals surface area (Å²) in [5.41, 5.74) is 7.48. The van der Waals surface area contributed by atoms with Crippen LogP contribution in [0.2, 0.25) is 0 Å². The van der Waals surface area contributed by atoms with Crippen molar-refractivity contribution in [2.45, 2.75) is 52.1 Å². The second-order valence-electron chi connectivity index (χ2n) is 9.46. The molecule has 5 heteroatoms. The number of hydrogen-bond acceptors (Lipinski definition) is 4. The highest BCUT2D eigenvalue weighted by atomic mass is 79.9. The fraction of sp³-hybridized carbons (Fsp3) is 0.423. The minimum Gasteiger partial charge on any atom is -0.455 e. The van der Waals surface area contributed by atoms with Crippen molar-refractivity contribution in [3.63, 3.8) is 0 Å². The Hall–Kier alpha value is -2.11. The third-order valence-electron chi connectivity index (χ3n) is 6.62. The standard InChI is InChI=1S/C26H28BrNO3/c1-15-7-16(2)24(17(3)8-15)26(4)11-19(12-26)25(28-30-14-21-13-29-21)23-10-18-9-20(27)5-6-22(18)31-23/h5-10,19,21H,11-14H2,1-4H3/b28-25+.